The van der Waals surface area contributed by atoms with Gasteiger partial charge in [-0.3, -0.25) is 4.79 Å². The fourth-order valence-corrected chi connectivity index (χ4v) is 1.09. The summed E-state index contributed by atoms with van der Waals surface area (Å²) in [5.41, 5.74) is 0. The summed E-state index contributed by atoms with van der Waals surface area (Å²) in [7, 11) is 0. The topological polar surface area (TPSA) is 29.1 Å². The Kier molecular flexibility index (Phi) is 8.21. The number of hydrogen-bond donors (Lipinski definition) is 1. The Labute approximate surface area is 86.0 Å². The molecule has 78 valence electrons. The predicted octanol–water partition coefficient (Wildman–Crippen LogP) is 2.56. The molecule has 0 aromatic heterocycles. The van der Waals surface area contributed by atoms with Crippen LogP contribution in [0, 0.1) is 5.92 Å². The van der Waals surface area contributed by atoms with Crippen LogP contribution in [0.5, 0.6) is 0 Å². The summed E-state index contributed by atoms with van der Waals surface area (Å²) in [4.78, 5) is 11.2. The molecule has 13 heavy (non-hydrogen) atoms. The molecule has 0 radical (unpaired) electrons. The maximum Gasteiger partial charge on any atom is 0.220 e. The van der Waals surface area contributed by atoms with Crippen molar-refractivity contribution in [2.45, 2.75) is 39.5 Å². The predicted molar refractivity (Wildman–Crippen MR) is 57.0 cm³/mol. The van der Waals surface area contributed by atoms with E-state index in [0.717, 1.165) is 25.8 Å². The second kappa shape index (κ2) is 8.36. The number of unbranched alkanes of at least 4 members (excludes halogenated alkanes) is 1. The number of amides is 1. The molecule has 0 spiro atoms. The number of hydrogen-bond acceptors (Lipinski definition) is 1. The van der Waals surface area contributed by atoms with Crippen LogP contribution in [0.15, 0.2) is 0 Å². The standard InChI is InChI=1S/C10H20ClNO/c1-3-9(2)8-12-10(13)6-4-5-7-11/h9H,3-8H2,1-2H3,(H,12,13). The SMILES string of the molecule is CCC(C)CNC(=O)CCCCCl. The van der Waals surface area contributed by atoms with E-state index in [1.54, 1.807) is 0 Å². The minimum atomic E-state index is 0.158. The third-order valence-electron chi connectivity index (χ3n) is 2.13. The van der Waals surface area contributed by atoms with Gasteiger partial charge < -0.3 is 5.32 Å². The zero-order chi connectivity index (χ0) is 10.1. The van der Waals surface area contributed by atoms with E-state index < -0.39 is 0 Å². The summed E-state index contributed by atoms with van der Waals surface area (Å²) < 4.78 is 0. The number of rotatable bonds is 7. The Morgan fingerprint density at radius 1 is 1.46 bits per heavy atom. The van der Waals surface area contributed by atoms with Gasteiger partial charge in [0.2, 0.25) is 5.91 Å². The van der Waals surface area contributed by atoms with E-state index >= 15 is 0 Å². The van der Waals surface area contributed by atoms with Crippen LogP contribution < -0.4 is 5.32 Å². The zero-order valence-electron chi connectivity index (χ0n) is 8.61. The smallest absolute Gasteiger partial charge is 0.220 e. The lowest BCUT2D eigenvalue weighted by Crippen LogP contribution is -2.27. The third kappa shape index (κ3) is 8.10. The zero-order valence-corrected chi connectivity index (χ0v) is 9.36. The van der Waals surface area contributed by atoms with Crippen molar-refractivity contribution in [2.24, 2.45) is 5.92 Å². The molecule has 0 bridgehead atoms. The van der Waals surface area contributed by atoms with E-state index in [-0.39, 0.29) is 5.91 Å². The molecule has 0 heterocycles. The number of alkyl halides is 1. The minimum Gasteiger partial charge on any atom is -0.356 e. The molecule has 0 aliphatic rings. The van der Waals surface area contributed by atoms with Crippen LogP contribution in [-0.4, -0.2) is 18.3 Å². The summed E-state index contributed by atoms with van der Waals surface area (Å²) in [6.45, 7) is 5.07. The Morgan fingerprint density at radius 3 is 2.69 bits per heavy atom. The molecule has 1 atom stereocenters. The molecular formula is C10H20ClNO. The molecule has 1 amide bonds. The quantitative estimate of drug-likeness (QED) is 0.503. The molecule has 1 N–H and O–H groups in total. The van der Waals surface area contributed by atoms with Crippen LogP contribution in [-0.2, 0) is 4.79 Å². The summed E-state index contributed by atoms with van der Waals surface area (Å²) in [5.74, 6) is 1.39. The van der Waals surface area contributed by atoms with Crippen molar-refractivity contribution in [2.75, 3.05) is 12.4 Å². The largest absolute Gasteiger partial charge is 0.356 e. The highest BCUT2D eigenvalue weighted by molar-refractivity contribution is 6.17. The number of carbonyl (C=O) groups is 1. The first kappa shape index (κ1) is 12.8. The fraction of sp³-hybridized carbons (Fsp3) is 0.900. The van der Waals surface area contributed by atoms with Crippen LogP contribution in [0.1, 0.15) is 39.5 Å². The molecule has 0 saturated carbocycles. The average molecular weight is 206 g/mol. The molecule has 0 fully saturated rings. The van der Waals surface area contributed by atoms with Gasteiger partial charge in [0.25, 0.3) is 0 Å². The molecule has 2 nitrogen and oxygen atoms in total. The van der Waals surface area contributed by atoms with Crippen molar-refractivity contribution < 1.29 is 4.79 Å². The van der Waals surface area contributed by atoms with Crippen molar-refractivity contribution in [1.29, 1.82) is 0 Å². The van der Waals surface area contributed by atoms with Crippen molar-refractivity contribution >= 4 is 17.5 Å². The first-order valence-corrected chi connectivity index (χ1v) is 5.56. The molecule has 0 aromatic rings. The molecule has 3 heteroatoms. The Bertz CT molecular complexity index is 139. The van der Waals surface area contributed by atoms with Crippen LogP contribution in [0.2, 0.25) is 0 Å². The van der Waals surface area contributed by atoms with E-state index in [4.69, 9.17) is 11.6 Å². The van der Waals surface area contributed by atoms with Crippen molar-refractivity contribution in [3.05, 3.63) is 0 Å². The van der Waals surface area contributed by atoms with Gasteiger partial charge in [-0.15, -0.1) is 11.6 Å². The monoisotopic (exact) mass is 205 g/mol. The van der Waals surface area contributed by atoms with Crippen LogP contribution in [0.3, 0.4) is 0 Å². The van der Waals surface area contributed by atoms with E-state index in [2.05, 4.69) is 19.2 Å². The van der Waals surface area contributed by atoms with Gasteiger partial charge in [-0.25, -0.2) is 0 Å². The van der Waals surface area contributed by atoms with Crippen LogP contribution in [0.25, 0.3) is 0 Å². The normalized spacial score (nSPS) is 12.5. The molecule has 0 rings (SSSR count). The van der Waals surface area contributed by atoms with E-state index in [1.807, 2.05) is 0 Å². The van der Waals surface area contributed by atoms with Crippen molar-refractivity contribution in [3.63, 3.8) is 0 Å². The van der Waals surface area contributed by atoms with Crippen LogP contribution in [0.4, 0.5) is 0 Å². The summed E-state index contributed by atoms with van der Waals surface area (Å²) in [6.07, 6.45) is 3.55. The third-order valence-corrected chi connectivity index (χ3v) is 2.40. The highest BCUT2D eigenvalue weighted by Crippen LogP contribution is 1.99. The molecule has 0 saturated heterocycles. The Hall–Kier alpha value is -0.240. The van der Waals surface area contributed by atoms with E-state index in [0.29, 0.717) is 18.2 Å². The van der Waals surface area contributed by atoms with Gasteiger partial charge in [0.1, 0.15) is 0 Å². The first-order chi connectivity index (χ1) is 6.20. The fourth-order valence-electron chi connectivity index (χ4n) is 0.901. The number of carbonyl (C=O) groups excluding carboxylic acids is 1. The highest BCUT2D eigenvalue weighted by atomic mass is 35.5. The lowest BCUT2D eigenvalue weighted by atomic mass is 10.1. The Morgan fingerprint density at radius 2 is 2.15 bits per heavy atom. The first-order valence-electron chi connectivity index (χ1n) is 5.03. The van der Waals surface area contributed by atoms with Gasteiger partial charge in [-0.1, -0.05) is 20.3 Å². The average Bonchev–Trinajstić information content (AvgIpc) is 2.14. The maximum absolute atomic E-state index is 11.2. The molecule has 1 unspecified atom stereocenters. The molecule has 0 aliphatic carbocycles. The van der Waals surface area contributed by atoms with E-state index in [1.165, 1.54) is 0 Å². The lowest BCUT2D eigenvalue weighted by Gasteiger charge is -2.09. The van der Waals surface area contributed by atoms with Gasteiger partial charge in [0.15, 0.2) is 0 Å². The molecule has 0 aromatic carbocycles. The summed E-state index contributed by atoms with van der Waals surface area (Å²) in [5, 5.41) is 2.91. The van der Waals surface area contributed by atoms with Gasteiger partial charge in [0, 0.05) is 18.8 Å². The lowest BCUT2D eigenvalue weighted by molar-refractivity contribution is -0.121. The summed E-state index contributed by atoms with van der Waals surface area (Å²) >= 11 is 5.50. The minimum absolute atomic E-state index is 0.158. The van der Waals surface area contributed by atoms with Crippen molar-refractivity contribution in [1.82, 2.24) is 5.32 Å². The van der Waals surface area contributed by atoms with Gasteiger partial charge in [0.05, 0.1) is 0 Å². The highest BCUT2D eigenvalue weighted by Gasteiger charge is 2.02. The van der Waals surface area contributed by atoms with Gasteiger partial charge >= 0.3 is 0 Å². The van der Waals surface area contributed by atoms with E-state index in [9.17, 15) is 4.79 Å². The number of halogens is 1. The molecule has 0 aliphatic heterocycles. The van der Waals surface area contributed by atoms with Crippen molar-refractivity contribution in [3.8, 4) is 0 Å². The van der Waals surface area contributed by atoms with Gasteiger partial charge in [-0.05, 0) is 18.8 Å². The second-order valence-electron chi connectivity index (χ2n) is 3.46. The second-order valence-corrected chi connectivity index (χ2v) is 3.84. The van der Waals surface area contributed by atoms with Gasteiger partial charge in [-0.2, -0.15) is 0 Å². The molecular weight excluding hydrogens is 186 g/mol. The number of nitrogens with one attached hydrogen (secondary N) is 1. The Balaban J connectivity index is 3.30. The van der Waals surface area contributed by atoms with Crippen LogP contribution >= 0.6 is 11.6 Å². The summed E-state index contributed by atoms with van der Waals surface area (Å²) in [6, 6.07) is 0. The maximum atomic E-state index is 11.2.